The minimum absolute atomic E-state index is 0.127. The number of hydrogen-bond acceptors (Lipinski definition) is 5. The maximum atomic E-state index is 13.2. The molecule has 0 aliphatic carbocycles. The Morgan fingerprint density at radius 1 is 0.973 bits per heavy atom. The number of nitrogens with zero attached hydrogens (tertiary/aromatic N) is 4. The van der Waals surface area contributed by atoms with E-state index in [0.29, 0.717) is 14.8 Å². The highest BCUT2D eigenvalue weighted by atomic mass is 35.5. The van der Waals surface area contributed by atoms with Gasteiger partial charge in [-0.15, -0.1) is 11.3 Å². The second kappa shape index (κ2) is 9.43. The summed E-state index contributed by atoms with van der Waals surface area (Å²) in [6.45, 7) is 0.639. The maximum Gasteiger partial charge on any atom is 0.435 e. The van der Waals surface area contributed by atoms with Gasteiger partial charge in [0, 0.05) is 38.2 Å². The Labute approximate surface area is 219 Å². The number of hydrogen-bond donors (Lipinski definition) is 0. The van der Waals surface area contributed by atoms with Gasteiger partial charge in [-0.2, -0.15) is 22.6 Å². The first-order valence-corrected chi connectivity index (χ1v) is 13.8. The maximum absolute atomic E-state index is 13.2. The lowest BCUT2D eigenvalue weighted by Crippen LogP contribution is -2.50. The number of halogens is 4. The summed E-state index contributed by atoms with van der Waals surface area (Å²) in [7, 11) is -2.35. The fraction of sp³-hybridized carbons (Fsp3) is 0.250. The predicted molar refractivity (Wildman–Crippen MR) is 135 cm³/mol. The average molecular weight is 569 g/mol. The Bertz CT molecular complexity index is 1610. The molecule has 1 saturated heterocycles. The van der Waals surface area contributed by atoms with Crippen LogP contribution in [0.5, 0.6) is 0 Å². The highest BCUT2D eigenvalue weighted by Crippen LogP contribution is 2.34. The first kappa shape index (κ1) is 25.7. The van der Waals surface area contributed by atoms with Gasteiger partial charge in [0.2, 0.25) is 10.0 Å². The molecule has 0 unspecified atom stereocenters. The molecule has 0 spiro atoms. The van der Waals surface area contributed by atoms with Gasteiger partial charge < -0.3 is 4.90 Å². The number of carbonyl (C=O) groups excluding carboxylic acids is 1. The fourth-order valence-electron chi connectivity index (χ4n) is 4.22. The van der Waals surface area contributed by atoms with Crippen LogP contribution < -0.4 is 0 Å². The number of benzene rings is 2. The van der Waals surface area contributed by atoms with E-state index in [0.717, 1.165) is 32.9 Å². The summed E-state index contributed by atoms with van der Waals surface area (Å²) in [6, 6.07) is 14.2. The summed E-state index contributed by atoms with van der Waals surface area (Å²) in [5, 5.41) is 5.66. The third-order valence-corrected chi connectivity index (χ3v) is 9.40. The minimum Gasteiger partial charge on any atom is -0.335 e. The Balaban J connectivity index is 1.28. The van der Waals surface area contributed by atoms with Gasteiger partial charge in [-0.25, -0.2) is 8.42 Å². The van der Waals surface area contributed by atoms with Gasteiger partial charge >= 0.3 is 6.18 Å². The van der Waals surface area contributed by atoms with Crippen LogP contribution >= 0.6 is 22.9 Å². The van der Waals surface area contributed by atoms with Gasteiger partial charge in [0.15, 0.2) is 5.69 Å². The van der Waals surface area contributed by atoms with E-state index in [2.05, 4.69) is 5.10 Å². The molecule has 0 radical (unpaired) electrons. The van der Waals surface area contributed by atoms with Crippen LogP contribution in [0.25, 0.3) is 21.3 Å². The molecule has 0 bridgehead atoms. The van der Waals surface area contributed by atoms with Crippen molar-refractivity contribution in [3.05, 3.63) is 70.2 Å². The number of aryl methyl sites for hydroxylation is 1. The normalized spacial score (nSPS) is 15.4. The van der Waals surface area contributed by atoms with Crippen LogP contribution in [0.15, 0.2) is 59.5 Å². The molecule has 4 aromatic rings. The molecule has 37 heavy (non-hydrogen) atoms. The van der Waals surface area contributed by atoms with Crippen LogP contribution in [0.4, 0.5) is 13.2 Å². The van der Waals surface area contributed by atoms with E-state index >= 15 is 0 Å². The van der Waals surface area contributed by atoms with E-state index < -0.39 is 21.9 Å². The monoisotopic (exact) mass is 568 g/mol. The van der Waals surface area contributed by atoms with E-state index in [1.165, 1.54) is 11.4 Å². The molecule has 1 aliphatic heterocycles. The highest BCUT2D eigenvalue weighted by Gasteiger charge is 2.35. The summed E-state index contributed by atoms with van der Waals surface area (Å²) in [5.74, 6) is -0.297. The Morgan fingerprint density at radius 3 is 2.32 bits per heavy atom. The number of aromatic nitrogens is 2. The molecule has 1 aliphatic rings. The van der Waals surface area contributed by atoms with Gasteiger partial charge in [0.25, 0.3) is 5.91 Å². The average Bonchev–Trinajstić information content (AvgIpc) is 3.50. The van der Waals surface area contributed by atoms with E-state index in [9.17, 15) is 26.4 Å². The Kier molecular flexibility index (Phi) is 6.55. The lowest BCUT2D eigenvalue weighted by molar-refractivity contribution is -0.141. The lowest BCUT2D eigenvalue weighted by atomic mass is 10.1. The largest absolute Gasteiger partial charge is 0.435 e. The SMILES string of the molecule is Cn1nc(C(F)(F)F)cc1-c1ccc(C(=O)N2CCN(S(=O)(=O)c3ccc4cc(Cl)ccc4c3)CC2)s1. The van der Waals surface area contributed by atoms with Crippen molar-refractivity contribution in [2.45, 2.75) is 11.1 Å². The number of alkyl halides is 3. The van der Waals surface area contributed by atoms with Gasteiger partial charge in [0.05, 0.1) is 20.3 Å². The molecule has 194 valence electrons. The molecule has 13 heteroatoms. The quantitative estimate of drug-likeness (QED) is 0.342. The summed E-state index contributed by atoms with van der Waals surface area (Å²) in [4.78, 5) is 15.6. The molecule has 3 heterocycles. The molecule has 0 atom stereocenters. The summed E-state index contributed by atoms with van der Waals surface area (Å²) >= 11 is 7.08. The van der Waals surface area contributed by atoms with Crippen molar-refractivity contribution < 1.29 is 26.4 Å². The second-order valence-electron chi connectivity index (χ2n) is 8.55. The third kappa shape index (κ3) is 4.98. The molecule has 2 aromatic heterocycles. The van der Waals surface area contributed by atoms with Crippen LogP contribution in [-0.2, 0) is 23.2 Å². The number of fused-ring (bicyclic) bond motifs is 1. The predicted octanol–water partition coefficient (Wildman–Crippen LogP) is 5.12. The van der Waals surface area contributed by atoms with Crippen molar-refractivity contribution in [1.29, 1.82) is 0 Å². The smallest absolute Gasteiger partial charge is 0.335 e. The number of amides is 1. The van der Waals surface area contributed by atoms with Crippen molar-refractivity contribution in [2.24, 2.45) is 7.05 Å². The van der Waals surface area contributed by atoms with Crippen molar-refractivity contribution in [3.8, 4) is 10.6 Å². The highest BCUT2D eigenvalue weighted by molar-refractivity contribution is 7.89. The van der Waals surface area contributed by atoms with Gasteiger partial charge in [-0.1, -0.05) is 23.7 Å². The minimum atomic E-state index is -4.56. The molecule has 0 N–H and O–H groups in total. The first-order chi connectivity index (χ1) is 17.4. The van der Waals surface area contributed by atoms with Gasteiger partial charge in [-0.05, 0) is 53.2 Å². The lowest BCUT2D eigenvalue weighted by Gasteiger charge is -2.33. The van der Waals surface area contributed by atoms with E-state index in [1.54, 1.807) is 53.4 Å². The van der Waals surface area contributed by atoms with E-state index in [-0.39, 0.29) is 42.7 Å². The summed E-state index contributed by atoms with van der Waals surface area (Å²) in [5.41, 5.74) is -0.747. The standard InChI is InChI=1S/C24H20ClF3N4O3S2/c1-30-19(14-22(29-30)24(26,27)28)20-6-7-21(36-20)23(33)31-8-10-32(11-9-31)37(34,35)18-5-3-15-12-17(25)4-2-16(15)13-18/h2-7,12-14H,8-11H2,1H3. The van der Waals surface area contributed by atoms with E-state index in [4.69, 9.17) is 11.6 Å². The van der Waals surface area contributed by atoms with Crippen LogP contribution in [0.3, 0.4) is 0 Å². The molecule has 7 nitrogen and oxygen atoms in total. The van der Waals surface area contributed by atoms with Crippen molar-refractivity contribution in [1.82, 2.24) is 19.0 Å². The molecular weight excluding hydrogens is 549 g/mol. The molecule has 2 aromatic carbocycles. The summed E-state index contributed by atoms with van der Waals surface area (Å²) < 4.78 is 67.9. The number of carbonyl (C=O) groups is 1. The van der Waals surface area contributed by atoms with Crippen molar-refractivity contribution in [2.75, 3.05) is 26.2 Å². The van der Waals surface area contributed by atoms with Crippen LogP contribution in [0.2, 0.25) is 5.02 Å². The van der Waals surface area contributed by atoms with Crippen LogP contribution in [-0.4, -0.2) is 59.5 Å². The second-order valence-corrected chi connectivity index (χ2v) is 12.0. The molecule has 0 saturated carbocycles. The van der Waals surface area contributed by atoms with E-state index in [1.807, 2.05) is 0 Å². The number of sulfonamides is 1. The third-order valence-electron chi connectivity index (χ3n) is 6.18. The zero-order chi connectivity index (χ0) is 26.5. The molecular formula is C24H20ClF3N4O3S2. The fourth-order valence-corrected chi connectivity index (χ4v) is 6.88. The van der Waals surface area contributed by atoms with Gasteiger partial charge in [0.1, 0.15) is 0 Å². The Morgan fingerprint density at radius 2 is 1.65 bits per heavy atom. The number of rotatable bonds is 4. The molecule has 5 rings (SSSR count). The van der Waals surface area contributed by atoms with Crippen LogP contribution in [0, 0.1) is 0 Å². The van der Waals surface area contributed by atoms with Crippen molar-refractivity contribution in [3.63, 3.8) is 0 Å². The van der Waals surface area contributed by atoms with Crippen molar-refractivity contribution >= 4 is 49.6 Å². The molecule has 1 amide bonds. The zero-order valence-corrected chi connectivity index (χ0v) is 21.8. The number of thiophene rings is 1. The topological polar surface area (TPSA) is 75.5 Å². The zero-order valence-electron chi connectivity index (χ0n) is 19.4. The summed E-state index contributed by atoms with van der Waals surface area (Å²) in [6.07, 6.45) is -4.56. The number of piperazine rings is 1. The molecule has 1 fully saturated rings. The Hall–Kier alpha value is -2.93. The first-order valence-electron chi connectivity index (χ1n) is 11.1. The van der Waals surface area contributed by atoms with Gasteiger partial charge in [-0.3, -0.25) is 9.48 Å². The van der Waals surface area contributed by atoms with Crippen LogP contribution in [0.1, 0.15) is 15.4 Å².